The van der Waals surface area contributed by atoms with Gasteiger partial charge in [0, 0.05) is 17.6 Å². The summed E-state index contributed by atoms with van der Waals surface area (Å²) in [6.45, 7) is 2.71. The van der Waals surface area contributed by atoms with Crippen LogP contribution in [-0.4, -0.2) is 26.0 Å². The van der Waals surface area contributed by atoms with Crippen LogP contribution in [0.4, 0.5) is 0 Å². The third kappa shape index (κ3) is 3.44. The zero-order valence-electron chi connectivity index (χ0n) is 9.74. The maximum atomic E-state index is 11.3. The summed E-state index contributed by atoms with van der Waals surface area (Å²) in [4.78, 5) is 0. The average Bonchev–Trinajstić information content (AvgIpc) is 2.57. The van der Waals surface area contributed by atoms with Gasteiger partial charge in [-0.1, -0.05) is 17.7 Å². The Bertz CT molecular complexity index is 513. The minimum atomic E-state index is -2.80. The van der Waals surface area contributed by atoms with Crippen LogP contribution in [0.5, 0.6) is 0 Å². The molecule has 1 atom stereocenters. The van der Waals surface area contributed by atoms with Crippen LogP contribution in [0.15, 0.2) is 18.2 Å². The Morgan fingerprint density at radius 3 is 2.82 bits per heavy atom. The van der Waals surface area contributed by atoms with Crippen molar-refractivity contribution in [3.05, 3.63) is 34.3 Å². The molecule has 2 rings (SSSR count). The van der Waals surface area contributed by atoms with E-state index in [-0.39, 0.29) is 11.8 Å². The zero-order valence-corrected chi connectivity index (χ0v) is 11.3. The lowest BCUT2D eigenvalue weighted by Gasteiger charge is -2.12. The van der Waals surface area contributed by atoms with Crippen molar-refractivity contribution < 1.29 is 8.42 Å². The Labute approximate surface area is 107 Å². The quantitative estimate of drug-likeness (QED) is 0.915. The third-order valence-corrected chi connectivity index (χ3v) is 5.12. The summed E-state index contributed by atoms with van der Waals surface area (Å²) in [5.74, 6) is 0.573. The smallest absolute Gasteiger partial charge is 0.151 e. The molecule has 0 saturated carbocycles. The van der Waals surface area contributed by atoms with Crippen LogP contribution in [0.25, 0.3) is 0 Å². The van der Waals surface area contributed by atoms with Crippen LogP contribution >= 0.6 is 11.6 Å². The van der Waals surface area contributed by atoms with E-state index in [4.69, 9.17) is 11.6 Å². The average molecular weight is 274 g/mol. The molecule has 0 aromatic heterocycles. The van der Waals surface area contributed by atoms with Gasteiger partial charge in [0.1, 0.15) is 0 Å². The molecule has 1 aromatic rings. The summed E-state index contributed by atoms with van der Waals surface area (Å²) >= 11 is 5.88. The number of benzene rings is 1. The van der Waals surface area contributed by atoms with E-state index in [1.54, 1.807) is 0 Å². The van der Waals surface area contributed by atoms with E-state index in [9.17, 15) is 8.42 Å². The molecule has 0 radical (unpaired) electrons. The van der Waals surface area contributed by atoms with E-state index < -0.39 is 9.84 Å². The molecule has 1 aliphatic rings. The molecule has 0 bridgehead atoms. The number of rotatable bonds is 3. The Balaban J connectivity index is 1.95. The first-order valence-corrected chi connectivity index (χ1v) is 7.85. The van der Waals surface area contributed by atoms with Gasteiger partial charge in [-0.2, -0.15) is 0 Å². The van der Waals surface area contributed by atoms with Crippen molar-refractivity contribution >= 4 is 21.4 Å². The van der Waals surface area contributed by atoms with Crippen molar-refractivity contribution in [1.82, 2.24) is 5.32 Å². The normalized spacial score (nSPS) is 22.8. The molecule has 1 aliphatic heterocycles. The summed E-state index contributed by atoms with van der Waals surface area (Å²) in [6, 6.07) is 5.85. The van der Waals surface area contributed by atoms with Gasteiger partial charge >= 0.3 is 0 Å². The fraction of sp³-hybridized carbons (Fsp3) is 0.500. The standard InChI is InChI=1S/C12H16ClNO2S/c1-9-6-11(13)3-2-10(9)7-14-12-4-5-17(15,16)8-12/h2-3,6,12,14H,4-5,7-8H2,1H3. The molecule has 1 heterocycles. The molecule has 17 heavy (non-hydrogen) atoms. The molecule has 0 amide bonds. The SMILES string of the molecule is Cc1cc(Cl)ccc1CNC1CCS(=O)(=O)C1. The molecule has 1 saturated heterocycles. The van der Waals surface area contributed by atoms with Gasteiger partial charge < -0.3 is 5.32 Å². The zero-order chi connectivity index (χ0) is 12.5. The van der Waals surface area contributed by atoms with E-state index in [1.807, 2.05) is 25.1 Å². The van der Waals surface area contributed by atoms with Crippen LogP contribution in [-0.2, 0) is 16.4 Å². The van der Waals surface area contributed by atoms with Crippen LogP contribution < -0.4 is 5.32 Å². The number of aryl methyl sites for hydroxylation is 1. The van der Waals surface area contributed by atoms with Gasteiger partial charge in [-0.3, -0.25) is 0 Å². The van der Waals surface area contributed by atoms with Crippen molar-refractivity contribution in [2.75, 3.05) is 11.5 Å². The number of nitrogens with one attached hydrogen (secondary N) is 1. The summed E-state index contributed by atoms with van der Waals surface area (Å²) in [6.07, 6.45) is 0.717. The minimum absolute atomic E-state index is 0.0927. The minimum Gasteiger partial charge on any atom is -0.309 e. The van der Waals surface area contributed by atoms with Crippen LogP contribution in [0.2, 0.25) is 5.02 Å². The second kappa shape index (κ2) is 4.96. The number of hydrogen-bond donors (Lipinski definition) is 1. The highest BCUT2D eigenvalue weighted by molar-refractivity contribution is 7.91. The van der Waals surface area contributed by atoms with Gasteiger partial charge in [0.05, 0.1) is 11.5 Å². The molecule has 1 aromatic carbocycles. The highest BCUT2D eigenvalue weighted by Crippen LogP contribution is 2.16. The fourth-order valence-corrected chi connectivity index (χ4v) is 4.00. The second-order valence-corrected chi connectivity index (χ2v) is 7.22. The molecule has 1 unspecified atom stereocenters. The van der Waals surface area contributed by atoms with Crippen molar-refractivity contribution in [2.45, 2.75) is 25.9 Å². The summed E-state index contributed by atoms with van der Waals surface area (Å²) in [7, 11) is -2.80. The Hall–Kier alpha value is -0.580. The highest BCUT2D eigenvalue weighted by atomic mass is 35.5. The van der Waals surface area contributed by atoms with E-state index in [2.05, 4.69) is 5.32 Å². The summed E-state index contributed by atoms with van der Waals surface area (Å²) < 4.78 is 22.6. The topological polar surface area (TPSA) is 46.2 Å². The number of hydrogen-bond acceptors (Lipinski definition) is 3. The maximum Gasteiger partial charge on any atom is 0.151 e. The first-order valence-electron chi connectivity index (χ1n) is 5.65. The fourth-order valence-electron chi connectivity index (χ4n) is 2.07. The van der Waals surface area contributed by atoms with E-state index in [1.165, 1.54) is 5.56 Å². The van der Waals surface area contributed by atoms with Gasteiger partial charge in [-0.15, -0.1) is 0 Å². The van der Waals surface area contributed by atoms with Gasteiger partial charge in [-0.25, -0.2) is 8.42 Å². The predicted octanol–water partition coefficient (Wildman–Crippen LogP) is 1.93. The lowest BCUT2D eigenvalue weighted by Crippen LogP contribution is -2.29. The van der Waals surface area contributed by atoms with E-state index in [0.29, 0.717) is 12.3 Å². The largest absolute Gasteiger partial charge is 0.309 e. The Morgan fingerprint density at radius 1 is 1.47 bits per heavy atom. The van der Waals surface area contributed by atoms with Crippen LogP contribution in [0, 0.1) is 6.92 Å². The Morgan fingerprint density at radius 2 is 2.24 bits per heavy atom. The molecule has 0 aliphatic carbocycles. The first kappa shape index (κ1) is 12.9. The predicted molar refractivity (Wildman–Crippen MR) is 70.1 cm³/mol. The lowest BCUT2D eigenvalue weighted by atomic mass is 10.1. The highest BCUT2D eigenvalue weighted by Gasteiger charge is 2.27. The van der Waals surface area contributed by atoms with Gasteiger partial charge in [-0.05, 0) is 36.6 Å². The first-order chi connectivity index (χ1) is 7.96. The Kier molecular flexibility index (Phi) is 3.76. The van der Waals surface area contributed by atoms with Crippen molar-refractivity contribution in [3.63, 3.8) is 0 Å². The molecule has 0 spiro atoms. The maximum absolute atomic E-state index is 11.3. The second-order valence-electron chi connectivity index (χ2n) is 4.55. The van der Waals surface area contributed by atoms with Gasteiger partial charge in [0.25, 0.3) is 0 Å². The molecular weight excluding hydrogens is 258 g/mol. The molecule has 3 nitrogen and oxygen atoms in total. The number of halogens is 1. The van der Waals surface area contributed by atoms with E-state index in [0.717, 1.165) is 17.0 Å². The van der Waals surface area contributed by atoms with Crippen molar-refractivity contribution in [3.8, 4) is 0 Å². The molecule has 1 fully saturated rings. The summed E-state index contributed by atoms with van der Waals surface area (Å²) in [5, 5.41) is 4.02. The third-order valence-electron chi connectivity index (χ3n) is 3.12. The molecule has 5 heteroatoms. The van der Waals surface area contributed by atoms with Crippen LogP contribution in [0.1, 0.15) is 17.5 Å². The van der Waals surface area contributed by atoms with Crippen molar-refractivity contribution in [2.24, 2.45) is 0 Å². The molecular formula is C12H16ClNO2S. The van der Waals surface area contributed by atoms with Crippen LogP contribution in [0.3, 0.4) is 0 Å². The number of sulfone groups is 1. The summed E-state index contributed by atoms with van der Waals surface area (Å²) in [5.41, 5.74) is 2.30. The lowest BCUT2D eigenvalue weighted by molar-refractivity contribution is 0.553. The molecule has 1 N–H and O–H groups in total. The van der Waals surface area contributed by atoms with Crippen molar-refractivity contribution in [1.29, 1.82) is 0 Å². The monoisotopic (exact) mass is 273 g/mol. The molecule has 94 valence electrons. The van der Waals surface area contributed by atoms with E-state index >= 15 is 0 Å². The van der Waals surface area contributed by atoms with Gasteiger partial charge in [0.2, 0.25) is 0 Å². The van der Waals surface area contributed by atoms with Gasteiger partial charge in [0.15, 0.2) is 9.84 Å².